The lowest BCUT2D eigenvalue weighted by Gasteiger charge is -2.15. The molecule has 0 fully saturated rings. The number of rotatable bonds is 3. The Hall–Kier alpha value is -2.67. The summed E-state index contributed by atoms with van der Waals surface area (Å²) in [6.45, 7) is 1.93. The third-order valence-electron chi connectivity index (χ3n) is 4.30. The van der Waals surface area contributed by atoms with E-state index in [1.807, 2.05) is 6.07 Å². The molecule has 0 aliphatic carbocycles. The highest BCUT2D eigenvalue weighted by Crippen LogP contribution is 2.39. The summed E-state index contributed by atoms with van der Waals surface area (Å²) in [5.41, 5.74) is 0.0145. The van der Waals surface area contributed by atoms with Crippen molar-refractivity contribution in [2.75, 3.05) is 5.32 Å². The first-order chi connectivity index (χ1) is 12.8. The van der Waals surface area contributed by atoms with Crippen LogP contribution in [0.5, 0.6) is 0 Å². The van der Waals surface area contributed by atoms with E-state index < -0.39 is 11.7 Å². The van der Waals surface area contributed by atoms with Crippen LogP contribution in [0.2, 0.25) is 0 Å². The van der Waals surface area contributed by atoms with Crippen LogP contribution in [0.4, 0.5) is 23.4 Å². The molecule has 0 saturated carbocycles. The largest absolute Gasteiger partial charge is 0.420 e. The number of hydrogen-bond donors (Lipinski definition) is 1. The number of thiophene rings is 1. The highest BCUT2D eigenvalue weighted by atomic mass is 32.1. The minimum absolute atomic E-state index is 0.0977. The number of benzene rings is 2. The van der Waals surface area contributed by atoms with Crippen molar-refractivity contribution in [2.24, 2.45) is 0 Å². The van der Waals surface area contributed by atoms with Crippen molar-refractivity contribution in [3.05, 3.63) is 70.5 Å². The zero-order chi connectivity index (χ0) is 19.2. The van der Waals surface area contributed by atoms with Crippen LogP contribution >= 0.6 is 11.3 Å². The van der Waals surface area contributed by atoms with E-state index in [1.165, 1.54) is 29.7 Å². The van der Waals surface area contributed by atoms with Crippen molar-refractivity contribution in [1.82, 2.24) is 4.98 Å². The maximum atomic E-state index is 14.0. The quantitative estimate of drug-likeness (QED) is 0.402. The average molecular weight is 390 g/mol. The molecule has 0 atom stereocenters. The Morgan fingerprint density at radius 1 is 1.07 bits per heavy atom. The van der Waals surface area contributed by atoms with Gasteiger partial charge < -0.3 is 5.32 Å². The second-order valence-corrected chi connectivity index (χ2v) is 7.46. The number of pyridine rings is 1. The summed E-state index contributed by atoms with van der Waals surface area (Å²) in [5, 5.41) is 3.78. The molecule has 0 amide bonds. The number of fused-ring (bicyclic) bond motifs is 2. The SMILES string of the molecule is Cc1cc(F)c2cc(CNc3ncc4ccccc4c3C(F)(F)F)sc2c1. The summed E-state index contributed by atoms with van der Waals surface area (Å²) >= 11 is 1.35. The second kappa shape index (κ2) is 6.49. The topological polar surface area (TPSA) is 24.9 Å². The molecule has 2 aromatic carbocycles. The average Bonchev–Trinajstić information content (AvgIpc) is 3.01. The van der Waals surface area contributed by atoms with Gasteiger partial charge in [-0.25, -0.2) is 9.37 Å². The molecule has 0 aliphatic rings. The molecular formula is C20H14F4N2S. The van der Waals surface area contributed by atoms with E-state index in [0.717, 1.165) is 15.1 Å². The summed E-state index contributed by atoms with van der Waals surface area (Å²) in [6.07, 6.45) is -3.12. The smallest absolute Gasteiger partial charge is 0.365 e. The van der Waals surface area contributed by atoms with Crippen LogP contribution in [-0.2, 0) is 12.7 Å². The van der Waals surface area contributed by atoms with Gasteiger partial charge in [0.05, 0.1) is 6.54 Å². The molecule has 0 unspecified atom stereocenters. The number of nitrogens with one attached hydrogen (secondary N) is 1. The minimum atomic E-state index is -4.54. The van der Waals surface area contributed by atoms with Crippen LogP contribution in [0, 0.1) is 12.7 Å². The predicted molar refractivity (Wildman–Crippen MR) is 101 cm³/mol. The standard InChI is InChI=1S/C20H14F4N2S/c1-11-6-16(21)15-8-13(27-17(15)7-11)10-26-19-18(20(22,23)24)14-5-3-2-4-12(14)9-25-19/h2-9H,10H2,1H3,(H,25,26). The van der Waals surface area contributed by atoms with E-state index in [9.17, 15) is 17.6 Å². The van der Waals surface area contributed by atoms with Crippen LogP contribution in [0.1, 0.15) is 16.0 Å². The van der Waals surface area contributed by atoms with Gasteiger partial charge in [0.25, 0.3) is 0 Å². The molecule has 1 N–H and O–H groups in total. The minimum Gasteiger partial charge on any atom is -0.365 e. The van der Waals surface area contributed by atoms with E-state index in [0.29, 0.717) is 10.8 Å². The fraction of sp³-hybridized carbons (Fsp3) is 0.150. The van der Waals surface area contributed by atoms with Crippen molar-refractivity contribution in [3.63, 3.8) is 0 Å². The molecule has 2 nitrogen and oxygen atoms in total. The highest BCUT2D eigenvalue weighted by Gasteiger charge is 2.36. The molecule has 0 radical (unpaired) electrons. The van der Waals surface area contributed by atoms with Crippen LogP contribution < -0.4 is 5.32 Å². The highest BCUT2D eigenvalue weighted by molar-refractivity contribution is 7.19. The monoisotopic (exact) mass is 390 g/mol. The summed E-state index contributed by atoms with van der Waals surface area (Å²) < 4.78 is 55.7. The molecule has 2 heterocycles. The molecule has 0 spiro atoms. The van der Waals surface area contributed by atoms with E-state index in [2.05, 4.69) is 10.3 Å². The first kappa shape index (κ1) is 17.7. The van der Waals surface area contributed by atoms with E-state index in [4.69, 9.17) is 0 Å². The summed E-state index contributed by atoms with van der Waals surface area (Å²) in [4.78, 5) is 4.71. The molecule has 27 heavy (non-hydrogen) atoms. The first-order valence-electron chi connectivity index (χ1n) is 8.20. The molecular weight excluding hydrogens is 376 g/mol. The Labute approximate surface area is 156 Å². The molecule has 7 heteroatoms. The number of alkyl halides is 3. The third-order valence-corrected chi connectivity index (χ3v) is 5.38. The molecule has 138 valence electrons. The Balaban J connectivity index is 1.71. The van der Waals surface area contributed by atoms with Gasteiger partial charge in [-0.1, -0.05) is 24.3 Å². The molecule has 4 aromatic rings. The third kappa shape index (κ3) is 3.35. The fourth-order valence-electron chi connectivity index (χ4n) is 3.12. The molecule has 2 aromatic heterocycles. The van der Waals surface area contributed by atoms with Crippen molar-refractivity contribution >= 4 is 38.0 Å². The lowest BCUT2D eigenvalue weighted by atomic mass is 10.1. The summed E-state index contributed by atoms with van der Waals surface area (Å²) in [5.74, 6) is -0.553. The van der Waals surface area contributed by atoms with Crippen LogP contribution in [0.25, 0.3) is 20.9 Å². The van der Waals surface area contributed by atoms with Gasteiger partial charge in [0.2, 0.25) is 0 Å². The maximum absolute atomic E-state index is 14.0. The van der Waals surface area contributed by atoms with E-state index in [1.54, 1.807) is 31.2 Å². The van der Waals surface area contributed by atoms with Gasteiger partial charge in [0, 0.05) is 26.5 Å². The normalized spacial score (nSPS) is 12.0. The number of halogens is 4. The van der Waals surface area contributed by atoms with Gasteiger partial charge in [0.1, 0.15) is 17.2 Å². The Bertz CT molecular complexity index is 1150. The number of nitrogens with zero attached hydrogens (tertiary/aromatic N) is 1. The molecule has 0 saturated heterocycles. The van der Waals surface area contributed by atoms with Gasteiger partial charge in [-0.15, -0.1) is 11.3 Å². The summed E-state index contributed by atoms with van der Waals surface area (Å²) in [7, 11) is 0. The number of aryl methyl sites for hydroxylation is 1. The van der Waals surface area contributed by atoms with Gasteiger partial charge in [-0.2, -0.15) is 13.2 Å². The molecule has 4 rings (SSSR count). The first-order valence-corrected chi connectivity index (χ1v) is 9.02. The van der Waals surface area contributed by atoms with E-state index in [-0.39, 0.29) is 23.6 Å². The number of aromatic nitrogens is 1. The fourth-order valence-corrected chi connectivity index (χ4v) is 4.23. The lowest BCUT2D eigenvalue weighted by molar-refractivity contribution is -0.135. The van der Waals surface area contributed by atoms with Crippen LogP contribution in [0.15, 0.2) is 48.7 Å². The Kier molecular flexibility index (Phi) is 4.26. The molecule has 0 aliphatic heterocycles. The maximum Gasteiger partial charge on any atom is 0.420 e. The van der Waals surface area contributed by atoms with Crippen LogP contribution in [-0.4, -0.2) is 4.98 Å². The number of anilines is 1. The van der Waals surface area contributed by atoms with E-state index >= 15 is 0 Å². The Morgan fingerprint density at radius 3 is 2.63 bits per heavy atom. The summed E-state index contributed by atoms with van der Waals surface area (Å²) in [6, 6.07) is 11.2. The predicted octanol–water partition coefficient (Wildman–Crippen LogP) is 6.53. The Morgan fingerprint density at radius 2 is 1.85 bits per heavy atom. The van der Waals surface area contributed by atoms with Gasteiger partial charge in [-0.05, 0) is 36.1 Å². The van der Waals surface area contributed by atoms with Crippen molar-refractivity contribution in [3.8, 4) is 0 Å². The van der Waals surface area contributed by atoms with Crippen molar-refractivity contribution < 1.29 is 17.6 Å². The van der Waals surface area contributed by atoms with Gasteiger partial charge >= 0.3 is 6.18 Å². The second-order valence-electron chi connectivity index (χ2n) is 6.29. The van der Waals surface area contributed by atoms with Crippen LogP contribution in [0.3, 0.4) is 0 Å². The zero-order valence-electron chi connectivity index (χ0n) is 14.2. The van der Waals surface area contributed by atoms with Gasteiger partial charge in [-0.3, -0.25) is 0 Å². The number of hydrogen-bond acceptors (Lipinski definition) is 3. The zero-order valence-corrected chi connectivity index (χ0v) is 15.0. The van der Waals surface area contributed by atoms with Crippen molar-refractivity contribution in [1.29, 1.82) is 0 Å². The van der Waals surface area contributed by atoms with Gasteiger partial charge in [0.15, 0.2) is 0 Å². The molecule has 0 bridgehead atoms. The lowest BCUT2D eigenvalue weighted by Crippen LogP contribution is -2.13. The van der Waals surface area contributed by atoms with Crippen molar-refractivity contribution in [2.45, 2.75) is 19.6 Å².